The van der Waals surface area contributed by atoms with Crippen LogP contribution in [0.4, 0.5) is 0 Å². The largest absolute Gasteiger partial charge is 0.341 e. The van der Waals surface area contributed by atoms with Crippen LogP contribution in [-0.4, -0.2) is 44.9 Å². The Morgan fingerprint density at radius 1 is 1.42 bits per heavy atom. The highest BCUT2D eigenvalue weighted by molar-refractivity contribution is 5.82. The van der Waals surface area contributed by atoms with Crippen molar-refractivity contribution in [1.82, 2.24) is 19.9 Å². The quantitative estimate of drug-likeness (QED) is 0.860. The molecule has 0 radical (unpaired) electrons. The number of nitrogens with two attached hydrogens (primary N) is 1. The maximum atomic E-state index is 12.1. The molecule has 1 aliphatic rings. The first-order valence-electron chi connectivity index (χ1n) is 6.96. The predicted octanol–water partition coefficient (Wildman–Crippen LogP) is 0.500. The van der Waals surface area contributed by atoms with E-state index in [2.05, 4.69) is 10.3 Å². The summed E-state index contributed by atoms with van der Waals surface area (Å²) in [6, 6.07) is -0.369. The number of likely N-dealkylation sites (tertiary alicyclic amines) is 1. The second kappa shape index (κ2) is 6.14. The monoisotopic (exact) mass is 265 g/mol. The molecule has 1 aliphatic heterocycles. The summed E-state index contributed by atoms with van der Waals surface area (Å²) >= 11 is 0. The molecule has 106 valence electrons. The lowest BCUT2D eigenvalue weighted by molar-refractivity contribution is -0.135. The molecule has 1 fully saturated rings. The zero-order chi connectivity index (χ0) is 13.8. The van der Waals surface area contributed by atoms with Crippen molar-refractivity contribution in [1.29, 1.82) is 0 Å². The van der Waals surface area contributed by atoms with Gasteiger partial charge in [-0.2, -0.15) is 0 Å². The third-order valence-corrected chi connectivity index (χ3v) is 3.85. The average molecular weight is 265 g/mol. The lowest BCUT2D eigenvalue weighted by Crippen LogP contribution is -2.49. The molecule has 0 bridgehead atoms. The van der Waals surface area contributed by atoms with E-state index >= 15 is 0 Å². The highest BCUT2D eigenvalue weighted by Crippen LogP contribution is 2.19. The van der Waals surface area contributed by atoms with Crippen LogP contribution < -0.4 is 5.73 Å². The Kier molecular flexibility index (Phi) is 4.52. The van der Waals surface area contributed by atoms with Crippen LogP contribution in [0.25, 0.3) is 0 Å². The van der Waals surface area contributed by atoms with Crippen molar-refractivity contribution in [3.8, 4) is 0 Å². The molecule has 1 amide bonds. The molecule has 1 aromatic rings. The van der Waals surface area contributed by atoms with E-state index in [0.29, 0.717) is 5.92 Å². The molecule has 1 aromatic heterocycles. The molecule has 0 aliphatic carbocycles. The van der Waals surface area contributed by atoms with E-state index in [1.165, 1.54) is 0 Å². The lowest BCUT2D eigenvalue weighted by atomic mass is 9.95. The minimum absolute atomic E-state index is 0.0919. The summed E-state index contributed by atoms with van der Waals surface area (Å²) in [7, 11) is 0. The zero-order valence-electron chi connectivity index (χ0n) is 11.7. The van der Waals surface area contributed by atoms with Gasteiger partial charge in [0, 0.05) is 25.8 Å². The zero-order valence-corrected chi connectivity index (χ0v) is 11.7. The van der Waals surface area contributed by atoms with Crippen LogP contribution in [0, 0.1) is 11.8 Å². The Hall–Kier alpha value is -1.43. The third-order valence-electron chi connectivity index (χ3n) is 3.85. The number of aromatic nitrogens is 3. The first kappa shape index (κ1) is 14.0. The second-order valence-corrected chi connectivity index (χ2v) is 5.66. The van der Waals surface area contributed by atoms with E-state index in [1.807, 2.05) is 29.6 Å². The summed E-state index contributed by atoms with van der Waals surface area (Å²) < 4.78 is 1.86. The summed E-state index contributed by atoms with van der Waals surface area (Å²) in [6.45, 7) is 6.47. The molecule has 2 heterocycles. The summed E-state index contributed by atoms with van der Waals surface area (Å²) in [6.07, 6.45) is 5.60. The van der Waals surface area contributed by atoms with Gasteiger partial charge in [0.05, 0.1) is 12.2 Å². The maximum Gasteiger partial charge on any atom is 0.239 e. The SMILES string of the molecule is CC(C)[C@H](N)C(=O)N1CCC(Cn2ccnn2)CC1. The fourth-order valence-corrected chi connectivity index (χ4v) is 2.43. The molecule has 0 aromatic carbocycles. The van der Waals surface area contributed by atoms with Crippen molar-refractivity contribution in [2.75, 3.05) is 13.1 Å². The Balaban J connectivity index is 1.80. The minimum Gasteiger partial charge on any atom is -0.341 e. The molecule has 0 unspecified atom stereocenters. The van der Waals surface area contributed by atoms with Crippen LogP contribution in [0.3, 0.4) is 0 Å². The number of amides is 1. The van der Waals surface area contributed by atoms with E-state index in [1.54, 1.807) is 6.20 Å². The number of rotatable bonds is 4. The van der Waals surface area contributed by atoms with Gasteiger partial charge in [0.25, 0.3) is 0 Å². The topological polar surface area (TPSA) is 77.0 Å². The molecule has 1 saturated heterocycles. The summed E-state index contributed by atoms with van der Waals surface area (Å²) in [5.74, 6) is 0.857. The Bertz CT molecular complexity index is 395. The first-order valence-corrected chi connectivity index (χ1v) is 6.96. The summed E-state index contributed by atoms with van der Waals surface area (Å²) in [5.41, 5.74) is 5.92. The van der Waals surface area contributed by atoms with Crippen LogP contribution in [0.1, 0.15) is 26.7 Å². The van der Waals surface area contributed by atoms with Crippen LogP contribution in [0.2, 0.25) is 0 Å². The molecule has 19 heavy (non-hydrogen) atoms. The smallest absolute Gasteiger partial charge is 0.239 e. The van der Waals surface area contributed by atoms with E-state index in [9.17, 15) is 4.79 Å². The van der Waals surface area contributed by atoms with E-state index in [4.69, 9.17) is 5.73 Å². The molecule has 6 heteroatoms. The van der Waals surface area contributed by atoms with Crippen molar-refractivity contribution in [3.63, 3.8) is 0 Å². The number of carbonyl (C=O) groups is 1. The van der Waals surface area contributed by atoms with E-state index < -0.39 is 0 Å². The van der Waals surface area contributed by atoms with Crippen molar-refractivity contribution in [3.05, 3.63) is 12.4 Å². The van der Waals surface area contributed by atoms with Crippen LogP contribution in [-0.2, 0) is 11.3 Å². The molecule has 6 nitrogen and oxygen atoms in total. The lowest BCUT2D eigenvalue weighted by Gasteiger charge is -2.34. The summed E-state index contributed by atoms with van der Waals surface area (Å²) in [5, 5.41) is 7.79. The van der Waals surface area contributed by atoms with Gasteiger partial charge in [-0.1, -0.05) is 19.1 Å². The minimum atomic E-state index is -0.369. The standard InChI is InChI=1S/C13H23N5O/c1-10(2)12(14)13(19)17-6-3-11(4-7-17)9-18-8-5-15-16-18/h5,8,10-12H,3-4,6-7,9,14H2,1-2H3/t12-/m0/s1. The van der Waals surface area contributed by atoms with Gasteiger partial charge in [-0.15, -0.1) is 5.10 Å². The number of hydrogen-bond acceptors (Lipinski definition) is 4. The first-order chi connectivity index (χ1) is 9.08. The highest BCUT2D eigenvalue weighted by atomic mass is 16.2. The molecule has 1 atom stereocenters. The maximum absolute atomic E-state index is 12.1. The number of nitrogens with zero attached hydrogens (tertiary/aromatic N) is 4. The van der Waals surface area contributed by atoms with Crippen LogP contribution in [0.15, 0.2) is 12.4 Å². The Morgan fingerprint density at radius 3 is 2.63 bits per heavy atom. The molecule has 2 N–H and O–H groups in total. The predicted molar refractivity (Wildman–Crippen MR) is 72.1 cm³/mol. The number of carbonyl (C=O) groups excluding carboxylic acids is 1. The van der Waals surface area contributed by atoms with Crippen LogP contribution >= 0.6 is 0 Å². The molecular formula is C13H23N5O. The van der Waals surface area contributed by atoms with Crippen molar-refractivity contribution in [2.24, 2.45) is 17.6 Å². The van der Waals surface area contributed by atoms with Crippen LogP contribution in [0.5, 0.6) is 0 Å². The van der Waals surface area contributed by atoms with Gasteiger partial charge in [0.1, 0.15) is 0 Å². The molecular weight excluding hydrogens is 242 g/mol. The average Bonchev–Trinajstić information content (AvgIpc) is 2.90. The number of piperidine rings is 1. The third kappa shape index (κ3) is 3.53. The van der Waals surface area contributed by atoms with Gasteiger partial charge < -0.3 is 10.6 Å². The van der Waals surface area contributed by atoms with E-state index in [-0.39, 0.29) is 17.9 Å². The fourth-order valence-electron chi connectivity index (χ4n) is 2.43. The van der Waals surface area contributed by atoms with Gasteiger partial charge in [-0.3, -0.25) is 9.48 Å². The van der Waals surface area contributed by atoms with Gasteiger partial charge in [-0.05, 0) is 24.7 Å². The van der Waals surface area contributed by atoms with Gasteiger partial charge >= 0.3 is 0 Å². The highest BCUT2D eigenvalue weighted by Gasteiger charge is 2.27. The van der Waals surface area contributed by atoms with Crippen molar-refractivity contribution < 1.29 is 4.79 Å². The molecule has 0 spiro atoms. The van der Waals surface area contributed by atoms with E-state index in [0.717, 1.165) is 32.5 Å². The van der Waals surface area contributed by atoms with Gasteiger partial charge in [0.2, 0.25) is 5.91 Å². The Labute approximate surface area is 113 Å². The van der Waals surface area contributed by atoms with Crippen molar-refractivity contribution in [2.45, 2.75) is 39.3 Å². The Morgan fingerprint density at radius 2 is 2.11 bits per heavy atom. The van der Waals surface area contributed by atoms with Gasteiger partial charge in [-0.25, -0.2) is 0 Å². The molecule has 2 rings (SSSR count). The summed E-state index contributed by atoms with van der Waals surface area (Å²) in [4.78, 5) is 14.0. The second-order valence-electron chi connectivity index (χ2n) is 5.66. The van der Waals surface area contributed by atoms with Gasteiger partial charge in [0.15, 0.2) is 0 Å². The number of hydrogen-bond donors (Lipinski definition) is 1. The molecule has 0 saturated carbocycles. The fraction of sp³-hybridized carbons (Fsp3) is 0.769. The normalized spacial score (nSPS) is 18.8. The van der Waals surface area contributed by atoms with Crippen molar-refractivity contribution >= 4 is 5.91 Å².